The molecule has 118 valence electrons. The highest BCUT2D eigenvalue weighted by atomic mass is 16.6. The van der Waals surface area contributed by atoms with E-state index in [1.54, 1.807) is 24.4 Å². The first-order chi connectivity index (χ1) is 11.2. The average molecular weight is 310 g/mol. The molecule has 23 heavy (non-hydrogen) atoms. The maximum absolute atomic E-state index is 11.0. The van der Waals surface area contributed by atoms with Crippen molar-refractivity contribution in [3.05, 3.63) is 70.3 Å². The van der Waals surface area contributed by atoms with Crippen molar-refractivity contribution in [1.29, 1.82) is 0 Å². The Balaban J connectivity index is 1.62. The van der Waals surface area contributed by atoms with E-state index in [4.69, 9.17) is 0 Å². The van der Waals surface area contributed by atoms with Gasteiger partial charge in [0.2, 0.25) is 0 Å². The molecule has 0 bridgehead atoms. The van der Waals surface area contributed by atoms with Crippen LogP contribution in [0.5, 0.6) is 0 Å². The van der Waals surface area contributed by atoms with Crippen LogP contribution in [0.1, 0.15) is 5.56 Å². The standard InChI is InChI=1S/C17H18N4O2/c22-21(23)17-9-5-4-6-15(17)14-18-20-12-10-19(11-13-20)16-7-2-1-3-8-16/h1-9,14H,10-13H2/b18-14+. The van der Waals surface area contributed by atoms with Crippen molar-refractivity contribution in [2.75, 3.05) is 31.1 Å². The first-order valence-corrected chi connectivity index (χ1v) is 7.56. The zero-order valence-corrected chi connectivity index (χ0v) is 12.7. The van der Waals surface area contributed by atoms with Crippen LogP contribution in [0.2, 0.25) is 0 Å². The molecule has 1 fully saturated rings. The normalized spacial score (nSPS) is 15.1. The number of nitrogens with zero attached hydrogens (tertiary/aromatic N) is 4. The van der Waals surface area contributed by atoms with Gasteiger partial charge in [-0.1, -0.05) is 30.3 Å². The molecule has 0 aromatic heterocycles. The molecule has 0 unspecified atom stereocenters. The van der Waals surface area contributed by atoms with Crippen LogP contribution in [0.15, 0.2) is 59.7 Å². The second-order valence-electron chi connectivity index (χ2n) is 5.34. The van der Waals surface area contributed by atoms with Crippen LogP contribution in [0.25, 0.3) is 0 Å². The number of rotatable bonds is 4. The molecule has 0 amide bonds. The lowest BCUT2D eigenvalue weighted by Gasteiger charge is -2.34. The molecule has 3 rings (SSSR count). The Morgan fingerprint density at radius 1 is 0.957 bits per heavy atom. The number of hydrogen-bond acceptors (Lipinski definition) is 5. The SMILES string of the molecule is O=[N+]([O-])c1ccccc1/C=N/N1CCN(c2ccccc2)CC1. The smallest absolute Gasteiger partial charge is 0.278 e. The molecule has 0 atom stereocenters. The van der Waals surface area contributed by atoms with E-state index in [2.05, 4.69) is 22.1 Å². The maximum Gasteiger partial charge on any atom is 0.278 e. The van der Waals surface area contributed by atoms with Crippen LogP contribution in [0.4, 0.5) is 11.4 Å². The molecule has 1 aliphatic rings. The third-order valence-electron chi connectivity index (χ3n) is 3.87. The second-order valence-corrected chi connectivity index (χ2v) is 5.34. The minimum Gasteiger partial charge on any atom is -0.368 e. The summed E-state index contributed by atoms with van der Waals surface area (Å²) in [5.74, 6) is 0. The van der Waals surface area contributed by atoms with Gasteiger partial charge in [-0.05, 0) is 18.2 Å². The van der Waals surface area contributed by atoms with Crippen molar-refractivity contribution in [1.82, 2.24) is 5.01 Å². The summed E-state index contributed by atoms with van der Waals surface area (Å²) in [4.78, 5) is 12.9. The molecule has 0 saturated carbocycles. The third-order valence-corrected chi connectivity index (χ3v) is 3.87. The lowest BCUT2D eigenvalue weighted by atomic mass is 10.2. The number of hydrazone groups is 1. The van der Waals surface area contributed by atoms with E-state index in [0.29, 0.717) is 5.56 Å². The maximum atomic E-state index is 11.0. The highest BCUT2D eigenvalue weighted by Crippen LogP contribution is 2.17. The molecule has 6 heteroatoms. The van der Waals surface area contributed by atoms with Gasteiger partial charge < -0.3 is 4.90 Å². The van der Waals surface area contributed by atoms with E-state index in [1.165, 1.54) is 11.8 Å². The van der Waals surface area contributed by atoms with E-state index in [0.717, 1.165) is 26.2 Å². The fraction of sp³-hybridized carbons (Fsp3) is 0.235. The third kappa shape index (κ3) is 3.66. The minimum atomic E-state index is -0.380. The van der Waals surface area contributed by atoms with Gasteiger partial charge in [0.1, 0.15) is 0 Å². The molecule has 1 aliphatic heterocycles. The van der Waals surface area contributed by atoms with Gasteiger partial charge in [-0.25, -0.2) is 0 Å². The Morgan fingerprint density at radius 3 is 2.30 bits per heavy atom. The molecular weight excluding hydrogens is 292 g/mol. The summed E-state index contributed by atoms with van der Waals surface area (Å²) in [6.45, 7) is 3.37. The second kappa shape index (κ2) is 6.91. The first kappa shape index (κ1) is 15.0. The Morgan fingerprint density at radius 2 is 1.61 bits per heavy atom. The van der Waals surface area contributed by atoms with Crippen LogP contribution < -0.4 is 4.90 Å². The highest BCUT2D eigenvalue weighted by molar-refractivity contribution is 5.85. The zero-order chi connectivity index (χ0) is 16.1. The van der Waals surface area contributed by atoms with E-state index in [1.807, 2.05) is 23.2 Å². The highest BCUT2D eigenvalue weighted by Gasteiger charge is 2.16. The summed E-state index contributed by atoms with van der Waals surface area (Å²) < 4.78 is 0. The summed E-state index contributed by atoms with van der Waals surface area (Å²) >= 11 is 0. The van der Waals surface area contributed by atoms with Crippen LogP contribution in [0, 0.1) is 10.1 Å². The lowest BCUT2D eigenvalue weighted by molar-refractivity contribution is -0.385. The van der Waals surface area contributed by atoms with Crippen molar-refractivity contribution >= 4 is 17.6 Å². The number of para-hydroxylation sites is 2. The number of nitro benzene ring substituents is 1. The van der Waals surface area contributed by atoms with Gasteiger partial charge in [0.15, 0.2) is 0 Å². The summed E-state index contributed by atoms with van der Waals surface area (Å²) in [5, 5.41) is 17.4. The number of piperazine rings is 1. The molecule has 2 aromatic carbocycles. The van der Waals surface area contributed by atoms with Gasteiger partial charge >= 0.3 is 0 Å². The van der Waals surface area contributed by atoms with Crippen molar-refractivity contribution in [2.45, 2.75) is 0 Å². The van der Waals surface area contributed by atoms with Gasteiger partial charge in [0, 0.05) is 24.8 Å². The van der Waals surface area contributed by atoms with Gasteiger partial charge in [0.25, 0.3) is 5.69 Å². The van der Waals surface area contributed by atoms with Gasteiger partial charge in [-0.15, -0.1) is 0 Å². The number of benzene rings is 2. The topological polar surface area (TPSA) is 62.0 Å². The largest absolute Gasteiger partial charge is 0.368 e. The summed E-state index contributed by atoms with van der Waals surface area (Å²) in [6, 6.07) is 16.9. The fourth-order valence-corrected chi connectivity index (χ4v) is 2.62. The first-order valence-electron chi connectivity index (χ1n) is 7.56. The van der Waals surface area contributed by atoms with E-state index < -0.39 is 0 Å². The zero-order valence-electron chi connectivity index (χ0n) is 12.7. The number of hydrogen-bond donors (Lipinski definition) is 0. The summed E-state index contributed by atoms with van der Waals surface area (Å²) in [5.41, 5.74) is 1.83. The van der Waals surface area contributed by atoms with Crippen molar-refractivity contribution in [3.8, 4) is 0 Å². The molecule has 0 radical (unpaired) electrons. The molecule has 1 saturated heterocycles. The van der Waals surface area contributed by atoms with Crippen molar-refractivity contribution in [3.63, 3.8) is 0 Å². The van der Waals surface area contributed by atoms with Gasteiger partial charge in [0.05, 0.1) is 29.8 Å². The summed E-state index contributed by atoms with van der Waals surface area (Å²) in [7, 11) is 0. The molecule has 2 aromatic rings. The Labute approximate surface area is 134 Å². The van der Waals surface area contributed by atoms with Crippen LogP contribution in [-0.2, 0) is 0 Å². The van der Waals surface area contributed by atoms with E-state index >= 15 is 0 Å². The lowest BCUT2D eigenvalue weighted by Crippen LogP contribution is -2.44. The molecule has 0 spiro atoms. The van der Waals surface area contributed by atoms with Crippen LogP contribution >= 0.6 is 0 Å². The molecule has 0 aliphatic carbocycles. The van der Waals surface area contributed by atoms with Gasteiger partial charge in [-0.3, -0.25) is 15.1 Å². The van der Waals surface area contributed by atoms with E-state index in [-0.39, 0.29) is 10.6 Å². The monoisotopic (exact) mass is 310 g/mol. The summed E-state index contributed by atoms with van der Waals surface area (Å²) in [6.07, 6.45) is 1.58. The van der Waals surface area contributed by atoms with Crippen molar-refractivity contribution in [2.24, 2.45) is 5.10 Å². The van der Waals surface area contributed by atoms with Crippen molar-refractivity contribution < 1.29 is 4.92 Å². The van der Waals surface area contributed by atoms with Gasteiger partial charge in [-0.2, -0.15) is 5.10 Å². The predicted molar refractivity (Wildman–Crippen MR) is 90.9 cm³/mol. The van der Waals surface area contributed by atoms with E-state index in [9.17, 15) is 10.1 Å². The molecular formula is C17H18N4O2. The van der Waals surface area contributed by atoms with Crippen LogP contribution in [-0.4, -0.2) is 42.3 Å². The Bertz CT molecular complexity index is 695. The fourth-order valence-electron chi connectivity index (χ4n) is 2.62. The number of nitro groups is 1. The number of anilines is 1. The molecule has 0 N–H and O–H groups in total. The molecule has 6 nitrogen and oxygen atoms in total. The Hall–Kier alpha value is -2.89. The Kier molecular flexibility index (Phi) is 4.52. The quantitative estimate of drug-likeness (QED) is 0.495. The molecule has 1 heterocycles. The average Bonchev–Trinajstić information content (AvgIpc) is 2.61. The predicted octanol–water partition coefficient (Wildman–Crippen LogP) is 2.75. The van der Waals surface area contributed by atoms with Crippen LogP contribution in [0.3, 0.4) is 0 Å². The minimum absolute atomic E-state index is 0.0826.